The van der Waals surface area contributed by atoms with Gasteiger partial charge in [-0.25, -0.2) is 0 Å². The van der Waals surface area contributed by atoms with Crippen molar-refractivity contribution in [3.63, 3.8) is 0 Å². The first-order chi connectivity index (χ1) is 8.24. The first kappa shape index (κ1) is 13.1. The molecule has 2 nitrogen and oxygen atoms in total. The van der Waals surface area contributed by atoms with Gasteiger partial charge in [-0.3, -0.25) is 0 Å². The van der Waals surface area contributed by atoms with Crippen LogP contribution < -0.4 is 10.6 Å². The summed E-state index contributed by atoms with van der Waals surface area (Å²) in [5, 5.41) is 7.81. The van der Waals surface area contributed by atoms with E-state index in [0.29, 0.717) is 11.5 Å². The van der Waals surface area contributed by atoms with Crippen LogP contribution >= 0.6 is 12.2 Å². The molecule has 98 valence electrons. The van der Waals surface area contributed by atoms with E-state index < -0.39 is 0 Å². The van der Waals surface area contributed by atoms with Crippen LogP contribution in [0.1, 0.15) is 64.7 Å². The summed E-state index contributed by atoms with van der Waals surface area (Å²) in [5.41, 5.74) is 0.554. The monoisotopic (exact) mass is 254 g/mol. The van der Waals surface area contributed by atoms with Gasteiger partial charge in [0.25, 0.3) is 0 Å². The molecule has 3 heteroatoms. The van der Waals surface area contributed by atoms with Crippen molar-refractivity contribution in [2.24, 2.45) is 5.41 Å². The van der Waals surface area contributed by atoms with Crippen molar-refractivity contribution in [3.05, 3.63) is 0 Å². The first-order valence-corrected chi connectivity index (χ1v) is 7.69. The normalized spacial score (nSPS) is 23.8. The second-order valence-electron chi connectivity index (χ2n) is 5.87. The third-order valence-electron chi connectivity index (χ3n) is 4.73. The van der Waals surface area contributed by atoms with E-state index in [0.717, 1.165) is 11.7 Å². The van der Waals surface area contributed by atoms with Gasteiger partial charge in [-0.15, -0.1) is 0 Å². The van der Waals surface area contributed by atoms with Crippen LogP contribution in [-0.2, 0) is 0 Å². The third kappa shape index (κ3) is 3.57. The molecule has 0 radical (unpaired) electrons. The highest BCUT2D eigenvalue weighted by Gasteiger charge is 2.34. The molecule has 2 saturated carbocycles. The van der Waals surface area contributed by atoms with E-state index in [1.807, 2.05) is 0 Å². The van der Waals surface area contributed by atoms with Gasteiger partial charge in [0.1, 0.15) is 0 Å². The number of hydrogen-bond acceptors (Lipinski definition) is 1. The molecule has 0 aromatic heterocycles. The Morgan fingerprint density at radius 2 is 1.88 bits per heavy atom. The number of thiocarbonyl (C=S) groups is 1. The number of nitrogens with one attached hydrogen (secondary N) is 2. The van der Waals surface area contributed by atoms with Gasteiger partial charge in [-0.1, -0.05) is 32.6 Å². The SMILES string of the molecule is CCC1(CNC(=S)NC2CCCCC2)CCC1. The molecule has 0 aromatic rings. The minimum absolute atomic E-state index is 0.554. The highest BCUT2D eigenvalue weighted by Crippen LogP contribution is 2.42. The molecule has 0 aliphatic heterocycles. The van der Waals surface area contributed by atoms with Crippen LogP contribution in [0.25, 0.3) is 0 Å². The maximum atomic E-state index is 5.40. The standard InChI is InChI=1S/C14H26N2S/c1-2-14(9-6-10-14)11-15-13(17)16-12-7-4-3-5-8-12/h12H,2-11H2,1H3,(H2,15,16,17). The molecule has 2 aliphatic rings. The van der Waals surface area contributed by atoms with Crippen molar-refractivity contribution in [1.29, 1.82) is 0 Å². The molecule has 2 aliphatic carbocycles. The molecule has 0 heterocycles. The van der Waals surface area contributed by atoms with Crippen molar-refractivity contribution in [1.82, 2.24) is 10.6 Å². The average Bonchev–Trinajstić information content (AvgIpc) is 2.29. The van der Waals surface area contributed by atoms with Crippen LogP contribution in [0.4, 0.5) is 0 Å². The van der Waals surface area contributed by atoms with Gasteiger partial charge >= 0.3 is 0 Å². The summed E-state index contributed by atoms with van der Waals surface area (Å²) in [6.07, 6.45) is 12.1. The lowest BCUT2D eigenvalue weighted by atomic mass is 9.67. The predicted octanol–water partition coefficient (Wildman–Crippen LogP) is 3.36. The molecule has 2 N–H and O–H groups in total. The summed E-state index contributed by atoms with van der Waals surface area (Å²) < 4.78 is 0. The van der Waals surface area contributed by atoms with Crippen LogP contribution in [0.5, 0.6) is 0 Å². The number of hydrogen-bond donors (Lipinski definition) is 2. The Kier molecular flexibility index (Phi) is 4.66. The van der Waals surface area contributed by atoms with E-state index in [1.54, 1.807) is 0 Å². The van der Waals surface area contributed by atoms with Gasteiger partial charge in [-0.2, -0.15) is 0 Å². The van der Waals surface area contributed by atoms with E-state index in [9.17, 15) is 0 Å². The number of rotatable bonds is 4. The van der Waals surface area contributed by atoms with E-state index in [4.69, 9.17) is 12.2 Å². The summed E-state index contributed by atoms with van der Waals surface area (Å²) in [5.74, 6) is 0. The Labute approximate surface area is 111 Å². The fourth-order valence-electron chi connectivity index (χ4n) is 3.08. The summed E-state index contributed by atoms with van der Waals surface area (Å²) >= 11 is 5.40. The Hall–Kier alpha value is -0.310. The van der Waals surface area contributed by atoms with Crippen LogP contribution in [-0.4, -0.2) is 17.7 Å². The zero-order valence-electron chi connectivity index (χ0n) is 11.1. The minimum Gasteiger partial charge on any atom is -0.362 e. The van der Waals surface area contributed by atoms with Crippen molar-refractivity contribution >= 4 is 17.3 Å². The minimum atomic E-state index is 0.554. The smallest absolute Gasteiger partial charge is 0.166 e. The van der Waals surface area contributed by atoms with Gasteiger partial charge in [-0.05, 0) is 49.7 Å². The maximum Gasteiger partial charge on any atom is 0.166 e. The lowest BCUT2D eigenvalue weighted by Crippen LogP contribution is -2.48. The van der Waals surface area contributed by atoms with Gasteiger partial charge in [0.15, 0.2) is 5.11 Å². The summed E-state index contributed by atoms with van der Waals surface area (Å²) in [7, 11) is 0. The highest BCUT2D eigenvalue weighted by atomic mass is 32.1. The Balaban J connectivity index is 1.66. The molecule has 17 heavy (non-hydrogen) atoms. The Morgan fingerprint density at radius 3 is 2.41 bits per heavy atom. The quantitative estimate of drug-likeness (QED) is 0.752. The molecule has 0 aromatic carbocycles. The highest BCUT2D eigenvalue weighted by molar-refractivity contribution is 7.80. The zero-order valence-corrected chi connectivity index (χ0v) is 11.9. The van der Waals surface area contributed by atoms with Gasteiger partial charge < -0.3 is 10.6 Å². The van der Waals surface area contributed by atoms with Crippen molar-refractivity contribution in [2.75, 3.05) is 6.54 Å². The zero-order chi connectivity index (χ0) is 12.1. The van der Waals surface area contributed by atoms with Gasteiger partial charge in [0.05, 0.1) is 0 Å². The fraction of sp³-hybridized carbons (Fsp3) is 0.929. The molecule has 0 saturated heterocycles. The van der Waals surface area contributed by atoms with Crippen LogP contribution in [0.2, 0.25) is 0 Å². The predicted molar refractivity (Wildman–Crippen MR) is 77.2 cm³/mol. The third-order valence-corrected chi connectivity index (χ3v) is 4.99. The molecule has 0 atom stereocenters. The lowest BCUT2D eigenvalue weighted by molar-refractivity contribution is 0.131. The Bertz CT molecular complexity index is 249. The molecule has 0 unspecified atom stereocenters. The second kappa shape index (κ2) is 6.03. The van der Waals surface area contributed by atoms with Gasteiger partial charge in [0, 0.05) is 12.6 Å². The fourth-order valence-corrected chi connectivity index (χ4v) is 3.32. The van der Waals surface area contributed by atoms with Crippen molar-refractivity contribution in [2.45, 2.75) is 70.8 Å². The van der Waals surface area contributed by atoms with Crippen molar-refractivity contribution in [3.8, 4) is 0 Å². The van der Waals surface area contributed by atoms with Crippen LogP contribution in [0.3, 0.4) is 0 Å². The average molecular weight is 254 g/mol. The molecule has 0 bridgehead atoms. The van der Waals surface area contributed by atoms with Crippen LogP contribution in [0.15, 0.2) is 0 Å². The molecule has 2 rings (SSSR count). The summed E-state index contributed by atoms with van der Waals surface area (Å²) in [4.78, 5) is 0. The summed E-state index contributed by atoms with van der Waals surface area (Å²) in [6, 6.07) is 0.628. The lowest BCUT2D eigenvalue weighted by Gasteiger charge is -2.41. The van der Waals surface area contributed by atoms with E-state index in [-0.39, 0.29) is 0 Å². The molecular formula is C14H26N2S. The van der Waals surface area contributed by atoms with E-state index in [2.05, 4.69) is 17.6 Å². The summed E-state index contributed by atoms with van der Waals surface area (Å²) in [6.45, 7) is 3.38. The Morgan fingerprint density at radius 1 is 1.18 bits per heavy atom. The largest absolute Gasteiger partial charge is 0.362 e. The second-order valence-corrected chi connectivity index (χ2v) is 6.28. The first-order valence-electron chi connectivity index (χ1n) is 7.28. The topological polar surface area (TPSA) is 24.1 Å². The van der Waals surface area contributed by atoms with Crippen molar-refractivity contribution < 1.29 is 0 Å². The van der Waals surface area contributed by atoms with Gasteiger partial charge in [0.2, 0.25) is 0 Å². The van der Waals surface area contributed by atoms with E-state index >= 15 is 0 Å². The molecular weight excluding hydrogens is 228 g/mol. The van der Waals surface area contributed by atoms with Crippen LogP contribution in [0, 0.1) is 5.41 Å². The molecule has 2 fully saturated rings. The maximum absolute atomic E-state index is 5.40. The molecule has 0 amide bonds. The molecule has 0 spiro atoms. The van der Waals surface area contributed by atoms with E-state index in [1.165, 1.54) is 57.8 Å².